The van der Waals surface area contributed by atoms with Crippen LogP contribution >= 0.6 is 0 Å². The van der Waals surface area contributed by atoms with Gasteiger partial charge in [0.1, 0.15) is 5.75 Å². The van der Waals surface area contributed by atoms with Crippen molar-refractivity contribution in [1.29, 1.82) is 0 Å². The van der Waals surface area contributed by atoms with Gasteiger partial charge in [0.15, 0.2) is 0 Å². The topological polar surface area (TPSA) is 52.6 Å². The summed E-state index contributed by atoms with van der Waals surface area (Å²) < 4.78 is 10.7. The fourth-order valence-electron chi connectivity index (χ4n) is 5.21. The van der Waals surface area contributed by atoms with E-state index in [-0.39, 0.29) is 29.2 Å². The van der Waals surface area contributed by atoms with E-state index in [0.29, 0.717) is 5.75 Å². The third kappa shape index (κ3) is 2.93. The van der Waals surface area contributed by atoms with E-state index in [0.717, 1.165) is 32.1 Å². The number of esters is 2. The zero-order valence-electron chi connectivity index (χ0n) is 16.6. The summed E-state index contributed by atoms with van der Waals surface area (Å²) in [6.45, 7) is 8.00. The van der Waals surface area contributed by atoms with Crippen molar-refractivity contribution in [3.8, 4) is 5.75 Å². The van der Waals surface area contributed by atoms with Crippen LogP contribution in [0, 0.1) is 17.3 Å². The van der Waals surface area contributed by atoms with E-state index in [1.54, 1.807) is 0 Å². The van der Waals surface area contributed by atoms with Gasteiger partial charge in [-0.3, -0.25) is 9.59 Å². The van der Waals surface area contributed by atoms with Crippen LogP contribution in [0.2, 0.25) is 0 Å². The molecule has 3 rings (SSSR count). The fourth-order valence-corrected chi connectivity index (χ4v) is 5.21. The van der Waals surface area contributed by atoms with E-state index in [1.807, 2.05) is 26.0 Å². The van der Waals surface area contributed by atoms with Crippen LogP contribution < -0.4 is 4.74 Å². The van der Waals surface area contributed by atoms with Gasteiger partial charge in [0, 0.05) is 0 Å². The molecule has 0 aromatic heterocycles. The maximum absolute atomic E-state index is 12.6. The third-order valence-corrected chi connectivity index (χ3v) is 6.67. The standard InChI is InChI=1S/C22H30O4/c1-14(2)19(23)26-16-9-7-15-8-10-18-21(3,17(15)13-16)11-6-12-22(18,4)20(24)25-5/h7,9,13-14,18H,6,8,10-12H2,1-5H3/t18-,21-,22+/m1/s1. The Labute approximate surface area is 156 Å². The van der Waals surface area contributed by atoms with Crippen LogP contribution in [0.3, 0.4) is 0 Å². The Morgan fingerprint density at radius 3 is 2.58 bits per heavy atom. The number of ether oxygens (including phenoxy) is 2. The van der Waals surface area contributed by atoms with E-state index in [1.165, 1.54) is 18.2 Å². The highest BCUT2D eigenvalue weighted by atomic mass is 16.5. The van der Waals surface area contributed by atoms with E-state index < -0.39 is 5.41 Å². The first-order valence-electron chi connectivity index (χ1n) is 9.66. The summed E-state index contributed by atoms with van der Waals surface area (Å²) in [4.78, 5) is 24.6. The Hall–Kier alpha value is -1.84. The molecule has 1 fully saturated rings. The molecule has 1 aromatic rings. The SMILES string of the molecule is COC(=O)[C@@]1(C)CCC[C@]2(C)c3cc(OC(=O)C(C)C)ccc3CC[C@@H]12. The molecule has 2 aliphatic carbocycles. The highest BCUT2D eigenvalue weighted by Gasteiger charge is 2.55. The summed E-state index contributed by atoms with van der Waals surface area (Å²) >= 11 is 0. The van der Waals surface area contributed by atoms with Crippen molar-refractivity contribution in [2.24, 2.45) is 17.3 Å². The molecule has 0 spiro atoms. The van der Waals surface area contributed by atoms with Crippen molar-refractivity contribution in [1.82, 2.24) is 0 Å². The molecule has 0 aliphatic heterocycles. The number of hydrogen-bond acceptors (Lipinski definition) is 4. The molecule has 0 bridgehead atoms. The second kappa shape index (κ2) is 6.71. The maximum Gasteiger partial charge on any atom is 0.313 e. The van der Waals surface area contributed by atoms with E-state index in [4.69, 9.17) is 9.47 Å². The molecule has 2 aliphatic rings. The smallest absolute Gasteiger partial charge is 0.313 e. The molecule has 0 radical (unpaired) electrons. The lowest BCUT2D eigenvalue weighted by Crippen LogP contribution is -2.52. The van der Waals surface area contributed by atoms with Crippen LogP contribution in [0.5, 0.6) is 5.75 Å². The van der Waals surface area contributed by atoms with Crippen LogP contribution in [-0.2, 0) is 26.2 Å². The predicted octanol–water partition coefficient (Wildman–Crippen LogP) is 4.43. The van der Waals surface area contributed by atoms with Crippen molar-refractivity contribution in [3.63, 3.8) is 0 Å². The average Bonchev–Trinajstić information content (AvgIpc) is 2.61. The van der Waals surface area contributed by atoms with E-state index in [2.05, 4.69) is 19.9 Å². The van der Waals surface area contributed by atoms with Gasteiger partial charge in [0.2, 0.25) is 0 Å². The number of rotatable bonds is 3. The van der Waals surface area contributed by atoms with Gasteiger partial charge in [-0.25, -0.2) is 0 Å². The van der Waals surface area contributed by atoms with Gasteiger partial charge in [-0.1, -0.05) is 33.3 Å². The second-order valence-electron chi connectivity index (χ2n) is 8.67. The summed E-state index contributed by atoms with van der Waals surface area (Å²) in [6, 6.07) is 6.01. The molecule has 142 valence electrons. The summed E-state index contributed by atoms with van der Waals surface area (Å²) in [5.74, 6) is 0.367. The Kier molecular flexibility index (Phi) is 4.89. The highest BCUT2D eigenvalue weighted by Crippen LogP contribution is 2.57. The number of aryl methyl sites for hydroxylation is 1. The summed E-state index contributed by atoms with van der Waals surface area (Å²) in [5, 5.41) is 0. The highest BCUT2D eigenvalue weighted by molar-refractivity contribution is 5.77. The first kappa shape index (κ1) is 18.9. The Morgan fingerprint density at radius 1 is 1.19 bits per heavy atom. The largest absolute Gasteiger partial charge is 0.469 e. The van der Waals surface area contributed by atoms with Gasteiger partial charge in [-0.05, 0) is 67.2 Å². The maximum atomic E-state index is 12.6. The molecule has 3 atom stereocenters. The molecule has 4 heteroatoms. The normalized spacial score (nSPS) is 30.3. The Balaban J connectivity index is 2.00. The van der Waals surface area contributed by atoms with E-state index >= 15 is 0 Å². The molecule has 0 amide bonds. The zero-order valence-corrected chi connectivity index (χ0v) is 16.6. The predicted molar refractivity (Wildman–Crippen MR) is 100 cm³/mol. The molecular formula is C22H30O4. The number of carbonyl (C=O) groups is 2. The van der Waals surface area contributed by atoms with Gasteiger partial charge in [0.05, 0.1) is 18.4 Å². The number of methoxy groups -OCH3 is 1. The number of hydrogen-bond donors (Lipinski definition) is 0. The average molecular weight is 358 g/mol. The molecule has 1 saturated carbocycles. The van der Waals surface area contributed by atoms with Gasteiger partial charge >= 0.3 is 11.9 Å². The number of fused-ring (bicyclic) bond motifs is 3. The summed E-state index contributed by atoms with van der Waals surface area (Å²) in [6.07, 6.45) is 4.84. The zero-order chi connectivity index (χ0) is 19.1. The lowest BCUT2D eigenvalue weighted by Gasteiger charge is -2.54. The third-order valence-electron chi connectivity index (χ3n) is 6.67. The second-order valence-corrected chi connectivity index (χ2v) is 8.67. The minimum Gasteiger partial charge on any atom is -0.469 e. The van der Waals surface area contributed by atoms with Crippen molar-refractivity contribution in [2.45, 2.75) is 65.2 Å². The first-order chi connectivity index (χ1) is 12.2. The molecule has 0 saturated heterocycles. The number of benzene rings is 1. The van der Waals surface area contributed by atoms with Crippen LogP contribution in [0.15, 0.2) is 18.2 Å². The van der Waals surface area contributed by atoms with Crippen LogP contribution in [0.4, 0.5) is 0 Å². The molecule has 0 unspecified atom stereocenters. The van der Waals surface area contributed by atoms with Crippen molar-refractivity contribution in [3.05, 3.63) is 29.3 Å². The monoisotopic (exact) mass is 358 g/mol. The minimum absolute atomic E-state index is 0.0979. The van der Waals surface area contributed by atoms with E-state index in [9.17, 15) is 9.59 Å². The van der Waals surface area contributed by atoms with Crippen molar-refractivity contribution in [2.75, 3.05) is 7.11 Å². The minimum atomic E-state index is -0.454. The van der Waals surface area contributed by atoms with Crippen LogP contribution in [-0.4, -0.2) is 19.0 Å². The number of carbonyl (C=O) groups excluding carboxylic acids is 2. The quantitative estimate of drug-likeness (QED) is 0.592. The van der Waals surface area contributed by atoms with Crippen LogP contribution in [0.25, 0.3) is 0 Å². The van der Waals surface area contributed by atoms with Gasteiger partial charge in [-0.15, -0.1) is 0 Å². The molecular weight excluding hydrogens is 328 g/mol. The summed E-state index contributed by atoms with van der Waals surface area (Å²) in [5.41, 5.74) is 1.99. The Morgan fingerprint density at radius 2 is 1.92 bits per heavy atom. The lowest BCUT2D eigenvalue weighted by atomic mass is 9.50. The van der Waals surface area contributed by atoms with Gasteiger partial charge < -0.3 is 9.47 Å². The molecule has 0 N–H and O–H groups in total. The fraction of sp³-hybridized carbons (Fsp3) is 0.636. The summed E-state index contributed by atoms with van der Waals surface area (Å²) in [7, 11) is 1.49. The lowest BCUT2D eigenvalue weighted by molar-refractivity contribution is -0.161. The van der Waals surface area contributed by atoms with Crippen LogP contribution in [0.1, 0.15) is 64.5 Å². The Bertz CT molecular complexity index is 723. The first-order valence-corrected chi connectivity index (χ1v) is 9.66. The van der Waals surface area contributed by atoms with Gasteiger partial charge in [-0.2, -0.15) is 0 Å². The molecule has 1 aromatic carbocycles. The molecule has 4 nitrogen and oxygen atoms in total. The molecule has 0 heterocycles. The van der Waals surface area contributed by atoms with Crippen molar-refractivity contribution < 1.29 is 19.1 Å². The van der Waals surface area contributed by atoms with Crippen molar-refractivity contribution >= 4 is 11.9 Å². The molecule has 26 heavy (non-hydrogen) atoms. The van der Waals surface area contributed by atoms with Gasteiger partial charge in [0.25, 0.3) is 0 Å².